The molecule has 0 aliphatic rings. The number of halogens is 3. The summed E-state index contributed by atoms with van der Waals surface area (Å²) in [5.74, 6) is -2.95. The van der Waals surface area contributed by atoms with Gasteiger partial charge in [0.15, 0.2) is 0 Å². The number of phenolic OH excluding ortho intramolecular Hbond substituents is 1. The number of aromatic nitrogens is 1. The number of carboxylic acid groups (broad SMARTS) is 1. The van der Waals surface area contributed by atoms with E-state index in [2.05, 4.69) is 10.3 Å². The van der Waals surface area contributed by atoms with Gasteiger partial charge < -0.3 is 20.3 Å². The molecule has 1 amide bonds. The summed E-state index contributed by atoms with van der Waals surface area (Å²) in [6, 6.07) is 14.7. The van der Waals surface area contributed by atoms with E-state index in [4.69, 9.17) is 4.74 Å². The molecule has 0 radical (unpaired) electrons. The summed E-state index contributed by atoms with van der Waals surface area (Å²) in [7, 11) is 1.15. The largest absolute Gasteiger partial charge is 0.508 e. The van der Waals surface area contributed by atoms with Gasteiger partial charge in [-0.15, -0.1) is 0 Å². The summed E-state index contributed by atoms with van der Waals surface area (Å²) in [5.41, 5.74) is -0.156. The van der Waals surface area contributed by atoms with Crippen LogP contribution in [0.4, 0.5) is 13.2 Å². The highest BCUT2D eigenvalue weighted by Gasteiger charge is 2.30. The van der Waals surface area contributed by atoms with Gasteiger partial charge in [0.05, 0.1) is 23.8 Å². The van der Waals surface area contributed by atoms with E-state index in [0.717, 1.165) is 25.3 Å². The number of aromatic hydroxyl groups is 1. The van der Waals surface area contributed by atoms with Gasteiger partial charge >= 0.3 is 18.1 Å². The monoisotopic (exact) mass is 538 g/mol. The molecule has 0 saturated carbocycles. The van der Waals surface area contributed by atoms with Gasteiger partial charge in [0.1, 0.15) is 17.5 Å². The molecule has 0 aliphatic heterocycles. The van der Waals surface area contributed by atoms with E-state index in [1.165, 1.54) is 42.5 Å². The predicted octanol–water partition coefficient (Wildman–Crippen LogP) is 4.84. The summed E-state index contributed by atoms with van der Waals surface area (Å²) < 4.78 is 44.3. The second-order valence-electron chi connectivity index (χ2n) is 8.59. The number of carbonyl (C=O) groups excluding carboxylic acids is 2. The van der Waals surface area contributed by atoms with Gasteiger partial charge in [0.2, 0.25) is 0 Å². The third kappa shape index (κ3) is 6.15. The number of fused-ring (bicyclic) bond motifs is 1. The van der Waals surface area contributed by atoms with Crippen molar-refractivity contribution in [2.45, 2.75) is 18.6 Å². The highest BCUT2D eigenvalue weighted by atomic mass is 19.4. The summed E-state index contributed by atoms with van der Waals surface area (Å²) in [4.78, 5) is 41.7. The number of methoxy groups -OCH3 is 1. The Morgan fingerprint density at radius 3 is 2.31 bits per heavy atom. The lowest BCUT2D eigenvalue weighted by Crippen LogP contribution is -2.43. The van der Waals surface area contributed by atoms with E-state index >= 15 is 0 Å². The second kappa shape index (κ2) is 10.8. The zero-order valence-electron chi connectivity index (χ0n) is 20.3. The topological polar surface area (TPSA) is 126 Å². The number of rotatable bonds is 7. The number of phenols is 1. The Hall–Kier alpha value is -4.93. The Kier molecular flexibility index (Phi) is 7.52. The molecule has 4 rings (SSSR count). The van der Waals surface area contributed by atoms with Crippen LogP contribution in [0.2, 0.25) is 0 Å². The summed E-state index contributed by atoms with van der Waals surface area (Å²) in [6.45, 7) is 0. The first kappa shape index (κ1) is 27.1. The zero-order chi connectivity index (χ0) is 28.3. The maximum atomic E-state index is 13.2. The number of benzene rings is 3. The fourth-order valence-corrected chi connectivity index (χ4v) is 4.01. The van der Waals surface area contributed by atoms with Crippen molar-refractivity contribution in [1.82, 2.24) is 10.3 Å². The minimum absolute atomic E-state index is 0.0233. The normalized spacial score (nSPS) is 12.1. The van der Waals surface area contributed by atoms with Crippen molar-refractivity contribution in [3.8, 4) is 16.9 Å². The number of esters is 1. The molecule has 0 unspecified atom stereocenters. The molecule has 0 fully saturated rings. The second-order valence-corrected chi connectivity index (χ2v) is 8.59. The minimum atomic E-state index is -4.55. The number of nitrogens with one attached hydrogen (secondary N) is 1. The molecule has 0 bridgehead atoms. The minimum Gasteiger partial charge on any atom is -0.508 e. The highest BCUT2D eigenvalue weighted by molar-refractivity contribution is 6.07. The average molecular weight is 538 g/mol. The molecule has 1 aromatic heterocycles. The first-order valence-corrected chi connectivity index (χ1v) is 11.5. The summed E-state index contributed by atoms with van der Waals surface area (Å²) >= 11 is 0. The Balaban J connectivity index is 1.68. The molecule has 4 aromatic rings. The number of ether oxygens (including phenoxy) is 1. The molecule has 0 saturated heterocycles. The van der Waals surface area contributed by atoms with E-state index in [0.29, 0.717) is 11.1 Å². The molecule has 0 spiro atoms. The van der Waals surface area contributed by atoms with Crippen LogP contribution in [0.25, 0.3) is 22.0 Å². The predicted molar refractivity (Wildman–Crippen MR) is 134 cm³/mol. The van der Waals surface area contributed by atoms with Crippen molar-refractivity contribution in [2.24, 2.45) is 0 Å². The number of carboxylic acids is 1. The molecule has 39 heavy (non-hydrogen) atoms. The van der Waals surface area contributed by atoms with Gasteiger partial charge in [0, 0.05) is 11.8 Å². The van der Waals surface area contributed by atoms with Gasteiger partial charge in [-0.2, -0.15) is 13.2 Å². The van der Waals surface area contributed by atoms with Gasteiger partial charge in [-0.3, -0.25) is 4.79 Å². The Bertz CT molecular complexity index is 1570. The average Bonchev–Trinajstić information content (AvgIpc) is 2.91. The van der Waals surface area contributed by atoms with E-state index in [9.17, 15) is 37.8 Å². The number of aromatic carboxylic acids is 1. The lowest BCUT2D eigenvalue weighted by atomic mass is 9.98. The van der Waals surface area contributed by atoms with E-state index in [1.807, 2.05) is 0 Å². The first-order chi connectivity index (χ1) is 18.5. The van der Waals surface area contributed by atoms with Crippen LogP contribution in [-0.4, -0.2) is 46.2 Å². The first-order valence-electron chi connectivity index (χ1n) is 11.5. The highest BCUT2D eigenvalue weighted by Crippen LogP contribution is 2.33. The number of hydrogen-bond acceptors (Lipinski definition) is 6. The fraction of sp³-hybridized carbons (Fsp3) is 0.143. The number of hydrogen-bond donors (Lipinski definition) is 3. The van der Waals surface area contributed by atoms with Gasteiger partial charge in [-0.25, -0.2) is 14.6 Å². The summed E-state index contributed by atoms with van der Waals surface area (Å²) in [5, 5.41) is 21.9. The third-order valence-electron chi connectivity index (χ3n) is 5.96. The Labute approximate surface area is 219 Å². The quantitative estimate of drug-likeness (QED) is 0.288. The number of amides is 1. The fourth-order valence-electron chi connectivity index (χ4n) is 4.01. The molecule has 200 valence electrons. The maximum Gasteiger partial charge on any atom is 0.416 e. The number of carbonyl (C=O) groups is 3. The molecule has 1 atom stereocenters. The zero-order valence-corrected chi connectivity index (χ0v) is 20.3. The van der Waals surface area contributed by atoms with Crippen LogP contribution < -0.4 is 5.32 Å². The van der Waals surface area contributed by atoms with Crippen molar-refractivity contribution in [2.75, 3.05) is 7.11 Å². The van der Waals surface area contributed by atoms with Gasteiger partial charge in [0.25, 0.3) is 5.91 Å². The van der Waals surface area contributed by atoms with Crippen molar-refractivity contribution in [3.63, 3.8) is 0 Å². The third-order valence-corrected chi connectivity index (χ3v) is 5.96. The Morgan fingerprint density at radius 2 is 1.67 bits per heavy atom. The van der Waals surface area contributed by atoms with Crippen LogP contribution in [0.1, 0.15) is 32.0 Å². The SMILES string of the molecule is COC(=O)[C@@H](Cc1ccc(O)cc1)NC(=O)c1cc(C(=O)O)c2cc(-c3cccc(C(F)(F)F)c3)ccc2n1. The molecule has 1 heterocycles. The van der Waals surface area contributed by atoms with Crippen molar-refractivity contribution in [3.05, 3.63) is 95.2 Å². The molecule has 8 nitrogen and oxygen atoms in total. The number of alkyl halides is 3. The standard InChI is InChI=1S/C28H21F3N2O6/c1-39-27(38)24(11-15-5-8-19(34)9-6-15)33-25(35)23-14-21(26(36)37)20-13-17(7-10-22(20)32-23)16-3-2-4-18(12-16)28(29,30)31/h2-10,12-14,24,34H,11H2,1H3,(H,33,35)(H,36,37)/t24-/m1/s1. The molecule has 3 aromatic carbocycles. The Morgan fingerprint density at radius 1 is 0.974 bits per heavy atom. The van der Waals surface area contributed by atoms with Crippen molar-refractivity contribution >= 4 is 28.7 Å². The lowest BCUT2D eigenvalue weighted by Gasteiger charge is -2.17. The van der Waals surface area contributed by atoms with E-state index < -0.39 is 35.6 Å². The smallest absolute Gasteiger partial charge is 0.416 e. The van der Waals surface area contributed by atoms with Crippen LogP contribution in [0.3, 0.4) is 0 Å². The van der Waals surface area contributed by atoms with Crippen molar-refractivity contribution in [1.29, 1.82) is 0 Å². The maximum absolute atomic E-state index is 13.2. The van der Waals surface area contributed by atoms with Crippen molar-refractivity contribution < 1.29 is 42.5 Å². The van der Waals surface area contributed by atoms with Crippen LogP contribution in [-0.2, 0) is 22.1 Å². The van der Waals surface area contributed by atoms with Crippen LogP contribution >= 0.6 is 0 Å². The van der Waals surface area contributed by atoms with Crippen LogP contribution in [0.15, 0.2) is 72.8 Å². The van der Waals surface area contributed by atoms with E-state index in [1.54, 1.807) is 12.1 Å². The molecular formula is C28H21F3N2O6. The van der Waals surface area contributed by atoms with Gasteiger partial charge in [-0.05, 0) is 59.2 Å². The van der Waals surface area contributed by atoms with E-state index in [-0.39, 0.29) is 39.9 Å². The summed E-state index contributed by atoms with van der Waals surface area (Å²) in [6.07, 6.45) is -4.52. The number of nitrogens with zero attached hydrogens (tertiary/aromatic N) is 1. The molecule has 11 heteroatoms. The molecular weight excluding hydrogens is 517 g/mol. The van der Waals surface area contributed by atoms with Gasteiger partial charge in [-0.1, -0.05) is 30.3 Å². The molecule has 3 N–H and O–H groups in total. The molecule has 0 aliphatic carbocycles. The van der Waals surface area contributed by atoms with Crippen LogP contribution in [0.5, 0.6) is 5.75 Å². The lowest BCUT2D eigenvalue weighted by molar-refractivity contribution is -0.143. The number of pyridine rings is 1. The van der Waals surface area contributed by atoms with Crippen LogP contribution in [0, 0.1) is 0 Å².